The monoisotopic (exact) mass is 367 g/mol. The van der Waals surface area contributed by atoms with Gasteiger partial charge in [-0.2, -0.15) is 0 Å². The number of halogens is 1. The minimum absolute atomic E-state index is 0.115. The van der Waals surface area contributed by atoms with Gasteiger partial charge in [0.05, 0.1) is 0 Å². The van der Waals surface area contributed by atoms with Crippen LogP contribution >= 0.6 is 11.6 Å². The third kappa shape index (κ3) is 3.18. The molecule has 0 aliphatic carbocycles. The number of hydrogen-bond donors (Lipinski definition) is 1. The normalized spacial score (nSPS) is 18.0. The minimum atomic E-state index is -0.115. The molecule has 0 unspecified atom stereocenters. The summed E-state index contributed by atoms with van der Waals surface area (Å²) in [5.41, 5.74) is 4.32. The number of nitrogens with zero attached hydrogens (tertiary/aromatic N) is 2. The van der Waals surface area contributed by atoms with Crippen molar-refractivity contribution < 1.29 is 9.59 Å². The molecule has 1 fully saturated rings. The lowest BCUT2D eigenvalue weighted by atomic mass is 10.0. The highest BCUT2D eigenvalue weighted by Gasteiger charge is 2.24. The van der Waals surface area contributed by atoms with Gasteiger partial charge in [-0.1, -0.05) is 23.7 Å². The van der Waals surface area contributed by atoms with Gasteiger partial charge in [0.15, 0.2) is 0 Å². The summed E-state index contributed by atoms with van der Waals surface area (Å²) in [4.78, 5) is 27.1. The molecule has 1 saturated heterocycles. The van der Waals surface area contributed by atoms with Crippen LogP contribution in [0, 0.1) is 0 Å². The number of rotatable bonds is 3. The lowest BCUT2D eigenvalue weighted by molar-refractivity contribution is -0.118. The quantitative estimate of drug-likeness (QED) is 0.670. The predicted octanol–water partition coefficient (Wildman–Crippen LogP) is 3.11. The number of carbonyl (C=O) groups excluding carboxylic acids is 2. The summed E-state index contributed by atoms with van der Waals surface area (Å²) in [6, 6.07) is 13.5. The predicted molar refractivity (Wildman–Crippen MR) is 104 cm³/mol. The Kier molecular flexibility index (Phi) is 4.39. The van der Waals surface area contributed by atoms with Gasteiger partial charge in [-0.15, -0.1) is 0 Å². The molecule has 132 valence electrons. The van der Waals surface area contributed by atoms with Crippen molar-refractivity contribution in [3.05, 3.63) is 58.6 Å². The summed E-state index contributed by atoms with van der Waals surface area (Å²) in [5.74, 6) is -0.115. The van der Waals surface area contributed by atoms with Gasteiger partial charge in [0.1, 0.15) is 0 Å². The molecule has 5 nitrogen and oxygen atoms in total. The number of anilines is 2. The molecule has 2 aliphatic heterocycles. The molecule has 2 aliphatic rings. The smallest absolute Gasteiger partial charge is 0.256 e. The highest BCUT2D eigenvalue weighted by molar-refractivity contribution is 6.36. The van der Waals surface area contributed by atoms with Gasteiger partial charge in [0, 0.05) is 53.7 Å². The molecular formula is C20H18ClN3O2. The first-order chi connectivity index (χ1) is 12.6. The van der Waals surface area contributed by atoms with Gasteiger partial charge in [-0.25, -0.2) is 0 Å². The van der Waals surface area contributed by atoms with E-state index in [9.17, 15) is 9.59 Å². The van der Waals surface area contributed by atoms with Gasteiger partial charge >= 0.3 is 0 Å². The number of nitrogens with one attached hydrogen (secondary N) is 1. The maximum absolute atomic E-state index is 12.3. The maximum Gasteiger partial charge on any atom is 0.256 e. The molecule has 2 aromatic rings. The fourth-order valence-corrected chi connectivity index (χ4v) is 3.51. The molecule has 2 heterocycles. The Morgan fingerprint density at radius 2 is 1.73 bits per heavy atom. The van der Waals surface area contributed by atoms with Crippen LogP contribution in [0.3, 0.4) is 0 Å². The third-order valence-electron chi connectivity index (χ3n) is 4.80. The fourth-order valence-electron chi connectivity index (χ4n) is 3.34. The van der Waals surface area contributed by atoms with E-state index < -0.39 is 0 Å². The van der Waals surface area contributed by atoms with Crippen molar-refractivity contribution in [3.8, 4) is 0 Å². The number of amides is 2. The van der Waals surface area contributed by atoms with Crippen molar-refractivity contribution >= 4 is 46.9 Å². The lowest BCUT2D eigenvalue weighted by Crippen LogP contribution is -2.45. The molecule has 1 N–H and O–H groups in total. The molecular weight excluding hydrogens is 350 g/mol. The number of hydrogen-bond acceptors (Lipinski definition) is 3. The molecule has 6 heteroatoms. The van der Waals surface area contributed by atoms with E-state index in [1.54, 1.807) is 11.0 Å². The Balaban J connectivity index is 1.55. The van der Waals surface area contributed by atoms with Crippen molar-refractivity contribution in [2.75, 3.05) is 36.4 Å². The van der Waals surface area contributed by atoms with Crippen molar-refractivity contribution in [2.45, 2.75) is 0 Å². The second-order valence-electron chi connectivity index (χ2n) is 6.42. The van der Waals surface area contributed by atoms with E-state index in [0.29, 0.717) is 10.6 Å². The summed E-state index contributed by atoms with van der Waals surface area (Å²) in [5, 5.41) is 3.47. The van der Waals surface area contributed by atoms with Crippen LogP contribution in [0.4, 0.5) is 11.4 Å². The fraction of sp³-hybridized carbons (Fsp3) is 0.200. The van der Waals surface area contributed by atoms with Crippen LogP contribution in [0.15, 0.2) is 42.5 Å². The standard InChI is InChI=1S/C20H18ClN3O2/c21-15-3-6-19-17(12-15)18(20(26)22-19)11-14-1-4-16(5-2-14)24-9-7-23(13-25)8-10-24/h1-6,11-13H,7-10H2,(H,22,26)/b18-11-. The molecule has 0 spiro atoms. The molecule has 26 heavy (non-hydrogen) atoms. The van der Waals surface area contributed by atoms with Gasteiger partial charge < -0.3 is 15.1 Å². The summed E-state index contributed by atoms with van der Waals surface area (Å²) in [6.07, 6.45) is 2.79. The Morgan fingerprint density at radius 3 is 2.42 bits per heavy atom. The zero-order valence-corrected chi connectivity index (χ0v) is 14.9. The van der Waals surface area contributed by atoms with Crippen molar-refractivity contribution in [2.24, 2.45) is 0 Å². The average Bonchev–Trinajstić information content (AvgIpc) is 2.97. The van der Waals surface area contributed by atoms with Crippen molar-refractivity contribution in [3.63, 3.8) is 0 Å². The minimum Gasteiger partial charge on any atom is -0.368 e. The van der Waals surface area contributed by atoms with E-state index >= 15 is 0 Å². The summed E-state index contributed by atoms with van der Waals surface area (Å²) < 4.78 is 0. The van der Waals surface area contributed by atoms with Crippen LogP contribution in [-0.4, -0.2) is 43.4 Å². The highest BCUT2D eigenvalue weighted by atomic mass is 35.5. The Labute approximate surface area is 156 Å². The summed E-state index contributed by atoms with van der Waals surface area (Å²) in [7, 11) is 0. The van der Waals surface area contributed by atoms with E-state index in [4.69, 9.17) is 11.6 Å². The molecule has 0 bridgehead atoms. The topological polar surface area (TPSA) is 52.7 Å². The Hall–Kier alpha value is -2.79. The number of piperazine rings is 1. The summed E-state index contributed by atoms with van der Waals surface area (Å²) in [6.45, 7) is 3.14. The van der Waals surface area contributed by atoms with E-state index in [0.717, 1.165) is 55.1 Å². The molecule has 0 radical (unpaired) electrons. The lowest BCUT2D eigenvalue weighted by Gasteiger charge is -2.34. The van der Waals surface area contributed by atoms with E-state index in [-0.39, 0.29) is 5.91 Å². The maximum atomic E-state index is 12.3. The zero-order chi connectivity index (χ0) is 18.1. The van der Waals surface area contributed by atoms with Gasteiger partial charge in [0.25, 0.3) is 5.91 Å². The van der Waals surface area contributed by atoms with Crippen LogP contribution in [0.1, 0.15) is 11.1 Å². The van der Waals surface area contributed by atoms with E-state index in [1.807, 2.05) is 30.3 Å². The zero-order valence-electron chi connectivity index (χ0n) is 14.1. The van der Waals surface area contributed by atoms with Crippen LogP contribution in [-0.2, 0) is 9.59 Å². The Morgan fingerprint density at radius 1 is 1.00 bits per heavy atom. The van der Waals surface area contributed by atoms with Gasteiger partial charge in [0.2, 0.25) is 6.41 Å². The molecule has 2 amide bonds. The van der Waals surface area contributed by atoms with E-state index in [2.05, 4.69) is 22.3 Å². The van der Waals surface area contributed by atoms with Crippen LogP contribution in [0.2, 0.25) is 5.02 Å². The second kappa shape index (κ2) is 6.84. The van der Waals surface area contributed by atoms with Crippen molar-refractivity contribution in [1.82, 2.24) is 4.90 Å². The highest BCUT2D eigenvalue weighted by Crippen LogP contribution is 2.35. The van der Waals surface area contributed by atoms with Crippen LogP contribution in [0.25, 0.3) is 11.6 Å². The van der Waals surface area contributed by atoms with Gasteiger partial charge in [-0.3, -0.25) is 9.59 Å². The second-order valence-corrected chi connectivity index (χ2v) is 6.86. The Bertz CT molecular complexity index is 884. The first-order valence-electron chi connectivity index (χ1n) is 8.51. The number of benzene rings is 2. The first kappa shape index (κ1) is 16.7. The summed E-state index contributed by atoms with van der Waals surface area (Å²) >= 11 is 6.07. The molecule has 4 rings (SSSR count). The largest absolute Gasteiger partial charge is 0.368 e. The average molecular weight is 368 g/mol. The van der Waals surface area contributed by atoms with Crippen molar-refractivity contribution in [1.29, 1.82) is 0 Å². The molecule has 0 saturated carbocycles. The van der Waals surface area contributed by atoms with Crippen LogP contribution in [0.5, 0.6) is 0 Å². The van der Waals surface area contributed by atoms with Crippen LogP contribution < -0.4 is 10.2 Å². The number of carbonyl (C=O) groups is 2. The van der Waals surface area contributed by atoms with E-state index in [1.165, 1.54) is 0 Å². The number of fused-ring (bicyclic) bond motifs is 1. The molecule has 2 aromatic carbocycles. The van der Waals surface area contributed by atoms with Gasteiger partial charge in [-0.05, 0) is 42.0 Å². The first-order valence-corrected chi connectivity index (χ1v) is 8.89. The molecule has 0 aromatic heterocycles. The SMILES string of the molecule is O=CN1CCN(c2ccc(/C=C3\C(=O)Nc4ccc(Cl)cc43)cc2)CC1. The molecule has 0 atom stereocenters. The third-order valence-corrected chi connectivity index (χ3v) is 5.03.